The van der Waals surface area contributed by atoms with E-state index >= 15 is 0 Å². The highest BCUT2D eigenvalue weighted by Gasteiger charge is 2.39. The first-order chi connectivity index (χ1) is 5.96. The van der Waals surface area contributed by atoms with Gasteiger partial charge in [0.05, 0.1) is 5.54 Å². The van der Waals surface area contributed by atoms with Gasteiger partial charge in [-0.1, -0.05) is 13.8 Å². The summed E-state index contributed by atoms with van der Waals surface area (Å²) in [6, 6.07) is 0. The second kappa shape index (κ2) is 3.91. The normalized spacial score (nSPS) is 35.8. The largest absolute Gasteiger partial charge is 0.320 e. The maximum absolute atomic E-state index is 12.5. The van der Waals surface area contributed by atoms with Crippen LogP contribution in [-0.4, -0.2) is 12.0 Å². The monoisotopic (exact) mass is 191 g/mol. The van der Waals surface area contributed by atoms with E-state index in [2.05, 4.69) is 13.8 Å². The van der Waals surface area contributed by atoms with Crippen LogP contribution in [0.3, 0.4) is 0 Å². The number of hydrogen-bond acceptors (Lipinski definition) is 1. The molecule has 13 heavy (non-hydrogen) atoms. The first-order valence-corrected chi connectivity index (χ1v) is 5.03. The molecule has 0 bridgehead atoms. The highest BCUT2D eigenvalue weighted by Crippen LogP contribution is 2.37. The number of hydrogen-bond donors (Lipinski definition) is 1. The van der Waals surface area contributed by atoms with Gasteiger partial charge in [0.2, 0.25) is 0 Å². The molecule has 1 saturated carbocycles. The molecular formula is C10H19F2N. The van der Waals surface area contributed by atoms with Crippen molar-refractivity contribution in [3.63, 3.8) is 0 Å². The van der Waals surface area contributed by atoms with E-state index in [1.165, 1.54) is 0 Å². The molecule has 0 spiro atoms. The molecule has 0 unspecified atom stereocenters. The summed E-state index contributed by atoms with van der Waals surface area (Å²) in [5.41, 5.74) is 4.43. The predicted molar refractivity (Wildman–Crippen MR) is 49.7 cm³/mol. The molecule has 2 N–H and O–H groups in total. The molecule has 78 valence electrons. The van der Waals surface area contributed by atoms with Crippen molar-refractivity contribution in [2.75, 3.05) is 0 Å². The van der Waals surface area contributed by atoms with Crippen molar-refractivity contribution in [1.82, 2.24) is 0 Å². The van der Waals surface area contributed by atoms with Crippen LogP contribution in [-0.2, 0) is 0 Å². The van der Waals surface area contributed by atoms with Crippen LogP contribution in [0.15, 0.2) is 0 Å². The maximum Gasteiger partial charge on any atom is 0.256 e. The van der Waals surface area contributed by atoms with Gasteiger partial charge < -0.3 is 5.73 Å². The van der Waals surface area contributed by atoms with Crippen molar-refractivity contribution in [1.29, 1.82) is 0 Å². The smallest absolute Gasteiger partial charge is 0.256 e. The Morgan fingerprint density at radius 2 is 1.69 bits per heavy atom. The topological polar surface area (TPSA) is 26.0 Å². The van der Waals surface area contributed by atoms with Gasteiger partial charge in [0.15, 0.2) is 0 Å². The summed E-state index contributed by atoms with van der Waals surface area (Å²) in [5.74, 6) is 1.19. The zero-order valence-corrected chi connectivity index (χ0v) is 8.39. The SMILES string of the molecule is CC(C)C1CCC(N)(C(F)F)CC1. The van der Waals surface area contributed by atoms with Gasteiger partial charge in [-0.05, 0) is 37.5 Å². The van der Waals surface area contributed by atoms with E-state index in [1.54, 1.807) is 0 Å². The van der Waals surface area contributed by atoms with Crippen molar-refractivity contribution in [3.8, 4) is 0 Å². The van der Waals surface area contributed by atoms with Gasteiger partial charge in [-0.15, -0.1) is 0 Å². The summed E-state index contributed by atoms with van der Waals surface area (Å²) < 4.78 is 25.0. The van der Waals surface area contributed by atoms with Crippen LogP contribution in [0.1, 0.15) is 39.5 Å². The van der Waals surface area contributed by atoms with Crippen molar-refractivity contribution in [2.45, 2.75) is 51.5 Å². The molecule has 0 saturated heterocycles. The molecule has 0 aliphatic heterocycles. The summed E-state index contributed by atoms with van der Waals surface area (Å²) in [7, 11) is 0. The Bertz CT molecular complexity index is 160. The fraction of sp³-hybridized carbons (Fsp3) is 1.00. The van der Waals surface area contributed by atoms with Gasteiger partial charge >= 0.3 is 0 Å². The molecule has 0 aromatic carbocycles. The Balaban J connectivity index is 2.47. The number of rotatable bonds is 2. The van der Waals surface area contributed by atoms with Crippen molar-refractivity contribution in [3.05, 3.63) is 0 Å². The Morgan fingerprint density at radius 3 is 2.00 bits per heavy atom. The fourth-order valence-corrected chi connectivity index (χ4v) is 2.06. The van der Waals surface area contributed by atoms with E-state index in [0.717, 1.165) is 12.8 Å². The second-order valence-electron chi connectivity index (χ2n) is 4.62. The molecular weight excluding hydrogens is 172 g/mol. The van der Waals surface area contributed by atoms with Gasteiger partial charge in [0, 0.05) is 0 Å². The molecule has 1 rings (SSSR count). The summed E-state index contributed by atoms with van der Waals surface area (Å²) in [6.07, 6.45) is 0.318. The lowest BCUT2D eigenvalue weighted by Crippen LogP contribution is -2.50. The van der Waals surface area contributed by atoms with Crippen LogP contribution in [0.25, 0.3) is 0 Å². The first-order valence-electron chi connectivity index (χ1n) is 5.03. The van der Waals surface area contributed by atoms with Crippen molar-refractivity contribution in [2.24, 2.45) is 17.6 Å². The number of alkyl halides is 2. The maximum atomic E-state index is 12.5. The molecule has 0 heterocycles. The summed E-state index contributed by atoms with van der Waals surface area (Å²) in [5, 5.41) is 0. The number of halogens is 2. The molecule has 1 fully saturated rings. The minimum absolute atomic E-state index is 0.480. The molecule has 0 radical (unpaired) electrons. The van der Waals surface area contributed by atoms with Crippen LogP contribution in [0, 0.1) is 11.8 Å². The molecule has 0 amide bonds. The average molecular weight is 191 g/mol. The average Bonchev–Trinajstić information content (AvgIpc) is 2.04. The molecule has 0 aromatic heterocycles. The molecule has 1 nitrogen and oxygen atoms in total. The minimum Gasteiger partial charge on any atom is -0.320 e. The Hall–Kier alpha value is -0.180. The molecule has 0 aromatic rings. The third-order valence-electron chi connectivity index (χ3n) is 3.34. The van der Waals surface area contributed by atoms with Gasteiger partial charge in [-0.25, -0.2) is 8.78 Å². The lowest BCUT2D eigenvalue weighted by molar-refractivity contribution is 0.0173. The third kappa shape index (κ3) is 2.39. The van der Waals surface area contributed by atoms with E-state index < -0.39 is 12.0 Å². The van der Waals surface area contributed by atoms with Gasteiger partial charge in [-0.2, -0.15) is 0 Å². The quantitative estimate of drug-likeness (QED) is 0.713. The zero-order valence-electron chi connectivity index (χ0n) is 8.39. The van der Waals surface area contributed by atoms with E-state index in [-0.39, 0.29) is 0 Å². The van der Waals surface area contributed by atoms with Crippen LogP contribution in [0.5, 0.6) is 0 Å². The summed E-state index contributed by atoms with van der Waals surface area (Å²) in [4.78, 5) is 0. The molecule has 3 heteroatoms. The lowest BCUT2D eigenvalue weighted by Gasteiger charge is -2.37. The van der Waals surface area contributed by atoms with E-state index in [1.807, 2.05) is 0 Å². The predicted octanol–water partition coefficient (Wildman–Crippen LogP) is 2.80. The Morgan fingerprint density at radius 1 is 1.23 bits per heavy atom. The first kappa shape index (κ1) is 10.9. The highest BCUT2D eigenvalue weighted by molar-refractivity contribution is 4.92. The summed E-state index contributed by atoms with van der Waals surface area (Å²) >= 11 is 0. The van der Waals surface area contributed by atoms with Gasteiger partial charge in [0.25, 0.3) is 6.43 Å². The van der Waals surface area contributed by atoms with E-state index in [9.17, 15) is 8.78 Å². The highest BCUT2D eigenvalue weighted by atomic mass is 19.3. The van der Waals surface area contributed by atoms with Crippen LogP contribution >= 0.6 is 0 Å². The minimum atomic E-state index is -2.36. The van der Waals surface area contributed by atoms with E-state index in [0.29, 0.717) is 24.7 Å². The van der Waals surface area contributed by atoms with E-state index in [4.69, 9.17) is 5.73 Å². The standard InChI is InChI=1S/C10H19F2N/c1-7(2)8-3-5-10(13,6-4-8)9(11)12/h7-9H,3-6,13H2,1-2H3. The third-order valence-corrected chi connectivity index (χ3v) is 3.34. The van der Waals surface area contributed by atoms with Crippen molar-refractivity contribution < 1.29 is 8.78 Å². The van der Waals surface area contributed by atoms with Gasteiger partial charge in [0.1, 0.15) is 0 Å². The fourth-order valence-electron chi connectivity index (χ4n) is 2.06. The van der Waals surface area contributed by atoms with Crippen molar-refractivity contribution >= 4 is 0 Å². The van der Waals surface area contributed by atoms with Gasteiger partial charge in [-0.3, -0.25) is 0 Å². The Labute approximate surface area is 78.7 Å². The van der Waals surface area contributed by atoms with Crippen LogP contribution in [0.2, 0.25) is 0 Å². The zero-order chi connectivity index (χ0) is 10.1. The second-order valence-corrected chi connectivity index (χ2v) is 4.62. The molecule has 1 aliphatic rings. The number of nitrogens with two attached hydrogens (primary N) is 1. The Kier molecular flexibility index (Phi) is 3.28. The van der Waals surface area contributed by atoms with Crippen LogP contribution < -0.4 is 5.73 Å². The molecule has 1 aliphatic carbocycles. The van der Waals surface area contributed by atoms with Crippen LogP contribution in [0.4, 0.5) is 8.78 Å². The summed E-state index contributed by atoms with van der Waals surface area (Å²) in [6.45, 7) is 4.30. The lowest BCUT2D eigenvalue weighted by atomic mass is 9.73. The molecule has 0 atom stereocenters.